The van der Waals surface area contributed by atoms with Gasteiger partial charge in [-0.1, -0.05) is 20.8 Å². The molecule has 39 heavy (non-hydrogen) atoms. The molecule has 14 heteroatoms. The minimum atomic E-state index is -1.33. The molecule has 4 heterocycles. The zero-order chi connectivity index (χ0) is 28.2. The number of urea groups is 1. The van der Waals surface area contributed by atoms with Gasteiger partial charge in [-0.15, -0.1) is 11.3 Å². The molecule has 0 radical (unpaired) electrons. The van der Waals surface area contributed by atoms with Gasteiger partial charge in [-0.2, -0.15) is 9.78 Å². The molecule has 12 nitrogen and oxygen atoms in total. The highest BCUT2D eigenvalue weighted by Crippen LogP contribution is 2.26. The quantitative estimate of drug-likeness (QED) is 0.282. The molecule has 1 fully saturated rings. The third-order valence-electron chi connectivity index (χ3n) is 6.01. The van der Waals surface area contributed by atoms with Gasteiger partial charge in [0.2, 0.25) is 0 Å². The molecule has 2 atom stereocenters. The molecule has 3 amide bonds. The van der Waals surface area contributed by atoms with Crippen LogP contribution in [0.4, 0.5) is 26.0 Å². The van der Waals surface area contributed by atoms with Crippen molar-refractivity contribution in [3.05, 3.63) is 46.7 Å². The summed E-state index contributed by atoms with van der Waals surface area (Å²) in [7, 11) is 0. The zero-order valence-electron chi connectivity index (χ0n) is 21.8. The normalized spacial score (nSPS) is 17.2. The fraction of sp³-hybridized carbons (Fsp3) is 0.440. The maximum Gasteiger partial charge on any atom is 0.326 e. The number of pyridine rings is 1. The van der Waals surface area contributed by atoms with Crippen molar-refractivity contribution >= 4 is 45.9 Å². The summed E-state index contributed by atoms with van der Waals surface area (Å²) in [4.78, 5) is 46.4. The van der Waals surface area contributed by atoms with Crippen molar-refractivity contribution in [3.8, 4) is 0 Å². The Balaban J connectivity index is 1.39. The molecule has 0 aliphatic carbocycles. The molecule has 1 aliphatic heterocycles. The van der Waals surface area contributed by atoms with E-state index < -0.39 is 42.1 Å². The van der Waals surface area contributed by atoms with Gasteiger partial charge < -0.3 is 15.7 Å². The summed E-state index contributed by atoms with van der Waals surface area (Å²) in [6, 6.07) is 3.53. The molecule has 208 valence electrons. The third kappa shape index (κ3) is 7.22. The van der Waals surface area contributed by atoms with Crippen LogP contribution in [0.15, 0.2) is 30.6 Å². The second-order valence-electron chi connectivity index (χ2n) is 10.1. The van der Waals surface area contributed by atoms with E-state index in [0.29, 0.717) is 36.0 Å². The maximum absolute atomic E-state index is 14.2. The van der Waals surface area contributed by atoms with Gasteiger partial charge in [-0.3, -0.25) is 20.2 Å². The van der Waals surface area contributed by atoms with Crippen LogP contribution in [0.25, 0.3) is 0 Å². The summed E-state index contributed by atoms with van der Waals surface area (Å²) < 4.78 is 15.3. The molecule has 0 saturated carbocycles. The number of hydrogen-bond acceptors (Lipinski definition) is 9. The van der Waals surface area contributed by atoms with Gasteiger partial charge in [0.1, 0.15) is 30.5 Å². The van der Waals surface area contributed by atoms with Gasteiger partial charge in [0, 0.05) is 28.8 Å². The lowest BCUT2D eigenvalue weighted by molar-refractivity contribution is -0.118. The van der Waals surface area contributed by atoms with Gasteiger partial charge in [0.15, 0.2) is 5.13 Å². The fourth-order valence-corrected chi connectivity index (χ4v) is 4.73. The average molecular weight is 559 g/mol. The number of aryl methyl sites for hydroxylation is 2. The Kier molecular flexibility index (Phi) is 8.67. The molecule has 3 aromatic heterocycles. The molecule has 3 aromatic rings. The van der Waals surface area contributed by atoms with E-state index in [1.807, 2.05) is 26.8 Å². The zero-order valence-corrected chi connectivity index (χ0v) is 22.6. The summed E-state index contributed by atoms with van der Waals surface area (Å²) in [5, 5.41) is 24.3. The van der Waals surface area contributed by atoms with Crippen molar-refractivity contribution in [2.24, 2.45) is 0 Å². The molecule has 0 aromatic carbocycles. The number of carbonyl (C=O) groups excluding carboxylic acids is 3. The van der Waals surface area contributed by atoms with Crippen LogP contribution in [-0.4, -0.2) is 68.1 Å². The number of nitrogens with zero attached hydrogens (tertiary/aromatic N) is 4. The molecule has 1 unspecified atom stereocenters. The molecule has 1 saturated heterocycles. The van der Waals surface area contributed by atoms with E-state index in [9.17, 15) is 18.8 Å². The van der Waals surface area contributed by atoms with Gasteiger partial charge in [0.05, 0.1) is 5.69 Å². The summed E-state index contributed by atoms with van der Waals surface area (Å²) >= 11 is 1.30. The number of anilines is 3. The number of aromatic nitrogens is 4. The maximum atomic E-state index is 14.2. The predicted octanol–water partition coefficient (Wildman–Crippen LogP) is 2.73. The van der Waals surface area contributed by atoms with Crippen LogP contribution in [0.3, 0.4) is 0 Å². The van der Waals surface area contributed by atoms with Gasteiger partial charge in [-0.05, 0) is 43.5 Å². The van der Waals surface area contributed by atoms with Crippen LogP contribution in [0.5, 0.6) is 0 Å². The predicted molar refractivity (Wildman–Crippen MR) is 145 cm³/mol. The standard InChI is InChI=1S/C25H31FN8O4S/c1-25(2,3)17-11-19(34(33-17)22(37)21-16(26)7-9-28-21)31-23(38)32-24-29-12-15(39-24)5-4-14-6-8-27-18(10-14)30-20(36)13-35/h6,8,10-12,16,21,28,35H,4-5,7,9,13H2,1-3H3,(H,27,30,36)(H2,29,31,32,38)/t16?,21-/m0/s1. The van der Waals surface area contributed by atoms with Crippen LogP contribution in [-0.2, 0) is 23.1 Å². The molecule has 5 N–H and O–H groups in total. The first-order valence-electron chi connectivity index (χ1n) is 12.4. The van der Waals surface area contributed by atoms with E-state index in [1.165, 1.54) is 11.3 Å². The lowest BCUT2D eigenvalue weighted by atomic mass is 9.92. The highest BCUT2D eigenvalue weighted by atomic mass is 32.1. The lowest BCUT2D eigenvalue weighted by Gasteiger charge is -2.15. The summed E-state index contributed by atoms with van der Waals surface area (Å²) in [5.41, 5.74) is 1.10. The number of thiazole rings is 1. The van der Waals surface area contributed by atoms with Crippen LogP contribution < -0.4 is 21.3 Å². The number of halogens is 1. The van der Waals surface area contributed by atoms with Gasteiger partial charge in [-0.25, -0.2) is 19.2 Å². The van der Waals surface area contributed by atoms with Crippen LogP contribution in [0.1, 0.15) is 48.1 Å². The highest BCUT2D eigenvalue weighted by molar-refractivity contribution is 7.15. The van der Waals surface area contributed by atoms with Crippen LogP contribution >= 0.6 is 11.3 Å². The minimum absolute atomic E-state index is 0.141. The van der Waals surface area contributed by atoms with E-state index >= 15 is 0 Å². The second kappa shape index (κ2) is 12.0. The summed E-state index contributed by atoms with van der Waals surface area (Å²) in [6.07, 6.45) is 3.42. The topological polar surface area (TPSA) is 163 Å². The molecular weight excluding hydrogens is 527 g/mol. The number of rotatable bonds is 8. The van der Waals surface area contributed by atoms with Crippen molar-refractivity contribution in [2.45, 2.75) is 57.7 Å². The Morgan fingerprint density at radius 2 is 1.97 bits per heavy atom. The van der Waals surface area contributed by atoms with Crippen molar-refractivity contribution in [1.82, 2.24) is 25.1 Å². The molecular formula is C25H31FN8O4S. The second-order valence-corrected chi connectivity index (χ2v) is 11.2. The van der Waals surface area contributed by atoms with E-state index in [4.69, 9.17) is 5.11 Å². The highest BCUT2D eigenvalue weighted by Gasteiger charge is 2.36. The Labute approximate surface area is 228 Å². The molecule has 1 aliphatic rings. The first-order valence-corrected chi connectivity index (χ1v) is 13.3. The van der Waals surface area contributed by atoms with Crippen molar-refractivity contribution in [3.63, 3.8) is 0 Å². The first-order chi connectivity index (χ1) is 18.5. The summed E-state index contributed by atoms with van der Waals surface area (Å²) in [5.74, 6) is -0.618. The first kappa shape index (κ1) is 28.3. The number of amides is 3. The molecule has 4 rings (SSSR count). The Hall–Kier alpha value is -3.75. The van der Waals surface area contributed by atoms with Crippen LogP contribution in [0, 0.1) is 0 Å². The fourth-order valence-electron chi connectivity index (χ4n) is 3.92. The lowest BCUT2D eigenvalue weighted by Crippen LogP contribution is -2.41. The third-order valence-corrected chi connectivity index (χ3v) is 6.98. The van der Waals surface area contributed by atoms with E-state index in [1.54, 1.807) is 24.5 Å². The summed E-state index contributed by atoms with van der Waals surface area (Å²) in [6.45, 7) is 5.55. The number of alkyl halides is 1. The number of aliphatic hydroxyl groups is 1. The number of aliphatic hydroxyl groups excluding tert-OH is 1. The minimum Gasteiger partial charge on any atom is -0.387 e. The van der Waals surface area contributed by atoms with Crippen molar-refractivity contribution < 1.29 is 23.9 Å². The van der Waals surface area contributed by atoms with E-state index in [2.05, 4.69) is 36.3 Å². The molecule has 0 spiro atoms. The Bertz CT molecular complexity index is 1350. The number of nitrogens with one attached hydrogen (secondary N) is 4. The van der Waals surface area contributed by atoms with Gasteiger partial charge >= 0.3 is 6.03 Å². The number of carbonyl (C=O) groups is 3. The Morgan fingerprint density at radius 1 is 1.18 bits per heavy atom. The largest absolute Gasteiger partial charge is 0.387 e. The van der Waals surface area contributed by atoms with E-state index in [0.717, 1.165) is 15.1 Å². The van der Waals surface area contributed by atoms with E-state index in [-0.39, 0.29) is 12.2 Å². The molecule has 0 bridgehead atoms. The number of hydrogen-bond donors (Lipinski definition) is 5. The van der Waals surface area contributed by atoms with Gasteiger partial charge in [0.25, 0.3) is 11.8 Å². The monoisotopic (exact) mass is 558 g/mol. The van der Waals surface area contributed by atoms with Crippen molar-refractivity contribution in [2.75, 3.05) is 29.1 Å². The van der Waals surface area contributed by atoms with Crippen LogP contribution in [0.2, 0.25) is 0 Å². The van der Waals surface area contributed by atoms with Crippen molar-refractivity contribution in [1.29, 1.82) is 0 Å². The Morgan fingerprint density at radius 3 is 2.67 bits per heavy atom. The average Bonchev–Trinajstić information content (AvgIpc) is 3.62. The SMILES string of the molecule is CC(C)(C)c1cc(NC(=O)Nc2ncc(CCc3ccnc(NC(=O)CO)c3)s2)n(C(=O)[C@H]2NCCC2F)n1. The smallest absolute Gasteiger partial charge is 0.326 e.